The summed E-state index contributed by atoms with van der Waals surface area (Å²) in [7, 11) is 0. The second kappa shape index (κ2) is 10.9. The van der Waals surface area contributed by atoms with E-state index in [2.05, 4.69) is 5.32 Å². The van der Waals surface area contributed by atoms with E-state index in [-0.39, 0.29) is 36.4 Å². The number of hydrogen-bond donors (Lipinski definition) is 1. The van der Waals surface area contributed by atoms with E-state index in [0.717, 1.165) is 5.56 Å². The topological polar surface area (TPSA) is 49.4 Å². The number of nitrogens with zero attached hydrogens (tertiary/aromatic N) is 1. The van der Waals surface area contributed by atoms with Gasteiger partial charge in [-0.3, -0.25) is 9.59 Å². The molecular weight excluding hydrogens is 470 g/mol. The highest BCUT2D eigenvalue weighted by molar-refractivity contribution is 6.30. The third kappa shape index (κ3) is 6.52. The lowest BCUT2D eigenvalue weighted by Gasteiger charge is -2.24. The molecule has 176 valence electrons. The Bertz CT molecular complexity index is 1320. The Morgan fingerprint density at radius 2 is 1.40 bits per heavy atom. The third-order valence-corrected chi connectivity index (χ3v) is 5.56. The van der Waals surface area contributed by atoms with Gasteiger partial charge in [0.05, 0.1) is 13.0 Å². The second-order valence-corrected chi connectivity index (χ2v) is 8.36. The molecule has 2 amide bonds. The van der Waals surface area contributed by atoms with Gasteiger partial charge in [-0.15, -0.1) is 0 Å². The summed E-state index contributed by atoms with van der Waals surface area (Å²) in [5, 5.41) is 3.25. The summed E-state index contributed by atoms with van der Waals surface area (Å²) in [6.45, 7) is 0.201. The lowest BCUT2D eigenvalue weighted by Crippen LogP contribution is -2.30. The minimum Gasteiger partial charge on any atom is -0.326 e. The normalized spacial score (nSPS) is 10.6. The maximum atomic E-state index is 13.4. The molecule has 4 aromatic carbocycles. The van der Waals surface area contributed by atoms with E-state index in [0.29, 0.717) is 27.5 Å². The van der Waals surface area contributed by atoms with Crippen LogP contribution in [0.5, 0.6) is 0 Å². The average Bonchev–Trinajstić information content (AvgIpc) is 2.85. The van der Waals surface area contributed by atoms with Gasteiger partial charge in [-0.05, 0) is 83.9 Å². The molecule has 4 rings (SSSR count). The van der Waals surface area contributed by atoms with Crippen LogP contribution in [0, 0.1) is 11.6 Å². The van der Waals surface area contributed by atoms with Gasteiger partial charge in [-0.25, -0.2) is 8.78 Å². The second-order valence-electron chi connectivity index (χ2n) is 7.93. The molecule has 0 heterocycles. The van der Waals surface area contributed by atoms with Crippen molar-refractivity contribution in [3.05, 3.63) is 130 Å². The van der Waals surface area contributed by atoms with Crippen molar-refractivity contribution in [3.63, 3.8) is 0 Å². The highest BCUT2D eigenvalue weighted by Crippen LogP contribution is 2.23. The fraction of sp³-hybridized carbons (Fsp3) is 0.0714. The molecule has 0 spiro atoms. The molecule has 0 aliphatic carbocycles. The van der Waals surface area contributed by atoms with Gasteiger partial charge in [0, 0.05) is 22.0 Å². The summed E-state index contributed by atoms with van der Waals surface area (Å²) in [6.07, 6.45) is 0.0603. The fourth-order valence-electron chi connectivity index (χ4n) is 3.56. The first-order valence-electron chi connectivity index (χ1n) is 10.8. The van der Waals surface area contributed by atoms with Crippen molar-refractivity contribution in [1.82, 2.24) is 0 Å². The van der Waals surface area contributed by atoms with Gasteiger partial charge in [0.15, 0.2) is 0 Å². The van der Waals surface area contributed by atoms with Crippen LogP contribution in [0.3, 0.4) is 0 Å². The summed E-state index contributed by atoms with van der Waals surface area (Å²) >= 11 is 5.98. The molecule has 0 atom stereocenters. The molecule has 4 aromatic rings. The van der Waals surface area contributed by atoms with Crippen LogP contribution in [0.2, 0.25) is 5.02 Å². The van der Waals surface area contributed by atoms with Crippen molar-refractivity contribution in [3.8, 4) is 0 Å². The van der Waals surface area contributed by atoms with E-state index in [9.17, 15) is 18.4 Å². The number of benzene rings is 4. The average molecular weight is 491 g/mol. The molecule has 1 N–H and O–H groups in total. The predicted octanol–water partition coefficient (Wildman–Crippen LogP) is 6.65. The van der Waals surface area contributed by atoms with Crippen LogP contribution in [-0.4, -0.2) is 11.8 Å². The Hall–Kier alpha value is -4.03. The number of nitrogens with one attached hydrogen (secondary N) is 1. The number of amides is 2. The molecule has 0 radical (unpaired) electrons. The van der Waals surface area contributed by atoms with Crippen molar-refractivity contribution in [2.45, 2.75) is 13.0 Å². The van der Waals surface area contributed by atoms with Gasteiger partial charge in [0.2, 0.25) is 5.91 Å². The zero-order valence-corrected chi connectivity index (χ0v) is 19.3. The standard InChI is InChI=1S/C28H21ClF2N2O2/c29-22-8-6-21(7-9-22)28(35)33(18-19-4-10-23(30)11-5-19)26-3-1-2-20(16-26)17-27(34)32-25-14-12-24(31)13-15-25/h1-16H,17-18H2,(H,32,34). The molecule has 7 heteroatoms. The molecule has 0 aromatic heterocycles. The Labute approximate surface area is 206 Å². The zero-order valence-electron chi connectivity index (χ0n) is 18.5. The van der Waals surface area contributed by atoms with Crippen LogP contribution in [-0.2, 0) is 17.8 Å². The van der Waals surface area contributed by atoms with Gasteiger partial charge in [-0.1, -0.05) is 35.9 Å². The van der Waals surface area contributed by atoms with Crippen LogP contribution in [0.15, 0.2) is 97.1 Å². The lowest BCUT2D eigenvalue weighted by molar-refractivity contribution is -0.115. The molecule has 35 heavy (non-hydrogen) atoms. The maximum absolute atomic E-state index is 13.4. The molecule has 0 saturated carbocycles. The van der Waals surface area contributed by atoms with E-state index in [1.54, 1.807) is 65.6 Å². The molecule has 0 fully saturated rings. The van der Waals surface area contributed by atoms with Crippen LogP contribution >= 0.6 is 11.6 Å². The summed E-state index contributed by atoms with van der Waals surface area (Å²) < 4.78 is 26.5. The van der Waals surface area contributed by atoms with Crippen molar-refractivity contribution < 1.29 is 18.4 Å². The Kier molecular flexibility index (Phi) is 7.53. The van der Waals surface area contributed by atoms with Gasteiger partial charge < -0.3 is 10.2 Å². The first-order valence-corrected chi connectivity index (χ1v) is 11.2. The van der Waals surface area contributed by atoms with E-state index in [4.69, 9.17) is 11.6 Å². The number of anilines is 2. The molecule has 0 bridgehead atoms. The number of rotatable bonds is 7. The summed E-state index contributed by atoms with van der Waals surface area (Å²) in [4.78, 5) is 27.5. The first-order chi connectivity index (χ1) is 16.9. The number of hydrogen-bond acceptors (Lipinski definition) is 2. The van der Waals surface area contributed by atoms with E-state index >= 15 is 0 Å². The summed E-state index contributed by atoms with van der Waals surface area (Å²) in [5.41, 5.74) is 2.95. The van der Waals surface area contributed by atoms with Crippen molar-refractivity contribution >= 4 is 34.8 Å². The molecule has 0 saturated heterocycles. The zero-order chi connectivity index (χ0) is 24.8. The third-order valence-electron chi connectivity index (χ3n) is 5.31. The highest BCUT2D eigenvalue weighted by atomic mass is 35.5. The van der Waals surface area contributed by atoms with Gasteiger partial charge in [0.25, 0.3) is 5.91 Å². The van der Waals surface area contributed by atoms with Crippen molar-refractivity contribution in [2.75, 3.05) is 10.2 Å². The van der Waals surface area contributed by atoms with E-state index in [1.165, 1.54) is 36.4 Å². The highest BCUT2D eigenvalue weighted by Gasteiger charge is 2.19. The Morgan fingerprint density at radius 3 is 2.06 bits per heavy atom. The number of carbonyl (C=O) groups is 2. The van der Waals surface area contributed by atoms with E-state index < -0.39 is 0 Å². The van der Waals surface area contributed by atoms with E-state index in [1.807, 2.05) is 0 Å². The molecule has 0 unspecified atom stereocenters. The minimum absolute atomic E-state index is 0.0603. The number of carbonyl (C=O) groups excluding carboxylic acids is 2. The monoisotopic (exact) mass is 490 g/mol. The quantitative estimate of drug-likeness (QED) is 0.315. The van der Waals surface area contributed by atoms with Crippen LogP contribution in [0.25, 0.3) is 0 Å². The maximum Gasteiger partial charge on any atom is 0.258 e. The SMILES string of the molecule is O=C(Cc1cccc(N(Cc2ccc(F)cc2)C(=O)c2ccc(Cl)cc2)c1)Nc1ccc(F)cc1. The van der Waals surface area contributed by atoms with Gasteiger partial charge >= 0.3 is 0 Å². The summed E-state index contributed by atoms with van der Waals surface area (Å²) in [5.74, 6) is -1.29. The Morgan fingerprint density at radius 1 is 0.771 bits per heavy atom. The summed E-state index contributed by atoms with van der Waals surface area (Å²) in [6, 6.07) is 25.1. The van der Waals surface area contributed by atoms with Crippen LogP contribution in [0.1, 0.15) is 21.5 Å². The number of halogens is 3. The largest absolute Gasteiger partial charge is 0.326 e. The minimum atomic E-state index is -0.387. The first kappa shape index (κ1) is 24.1. The van der Waals surface area contributed by atoms with Crippen molar-refractivity contribution in [2.24, 2.45) is 0 Å². The van der Waals surface area contributed by atoms with Gasteiger partial charge in [0.1, 0.15) is 11.6 Å². The molecule has 0 aliphatic heterocycles. The molecular formula is C28H21ClF2N2O2. The van der Waals surface area contributed by atoms with Crippen LogP contribution in [0.4, 0.5) is 20.2 Å². The molecule has 0 aliphatic rings. The van der Waals surface area contributed by atoms with Crippen molar-refractivity contribution in [1.29, 1.82) is 0 Å². The molecule has 4 nitrogen and oxygen atoms in total. The van der Waals surface area contributed by atoms with Gasteiger partial charge in [-0.2, -0.15) is 0 Å². The lowest BCUT2D eigenvalue weighted by atomic mass is 10.1. The Balaban J connectivity index is 1.58. The smallest absolute Gasteiger partial charge is 0.258 e. The van der Waals surface area contributed by atoms with Crippen LogP contribution < -0.4 is 10.2 Å². The predicted molar refractivity (Wildman–Crippen MR) is 134 cm³/mol. The fourth-order valence-corrected chi connectivity index (χ4v) is 3.69.